The predicted octanol–water partition coefficient (Wildman–Crippen LogP) is 2.82. The minimum Gasteiger partial charge on any atom is -0.481 e. The summed E-state index contributed by atoms with van der Waals surface area (Å²) in [4.78, 5) is 13.3. The summed E-state index contributed by atoms with van der Waals surface area (Å²) in [5.74, 6) is 2.75. The summed E-state index contributed by atoms with van der Waals surface area (Å²) in [5.41, 5.74) is 5.15. The Kier molecular flexibility index (Phi) is 3.68. The summed E-state index contributed by atoms with van der Waals surface area (Å²) in [7, 11) is 3.57. The van der Waals surface area contributed by atoms with E-state index < -0.39 is 0 Å². The van der Waals surface area contributed by atoms with Crippen LogP contribution in [0.2, 0.25) is 0 Å². The number of nitrogens with zero attached hydrogens (tertiary/aromatic N) is 7. The van der Waals surface area contributed by atoms with Gasteiger partial charge in [-0.2, -0.15) is 10.1 Å². The topological polar surface area (TPSA) is 83.0 Å². The van der Waals surface area contributed by atoms with E-state index in [1.807, 2.05) is 37.7 Å². The normalized spacial score (nSPS) is 18.6. The zero-order valence-corrected chi connectivity index (χ0v) is 16.3. The zero-order chi connectivity index (χ0) is 19.4. The van der Waals surface area contributed by atoms with E-state index in [-0.39, 0.29) is 0 Å². The minimum atomic E-state index is 0.395. The van der Waals surface area contributed by atoms with Crippen LogP contribution in [-0.2, 0) is 7.05 Å². The van der Waals surface area contributed by atoms with Crippen LogP contribution in [0.4, 0.5) is 0 Å². The Morgan fingerprint density at radius 2 is 1.93 bits per heavy atom. The van der Waals surface area contributed by atoms with Crippen LogP contribution in [0.1, 0.15) is 40.9 Å². The van der Waals surface area contributed by atoms with E-state index in [0.717, 1.165) is 29.2 Å². The molecule has 142 valence electrons. The third-order valence-electron chi connectivity index (χ3n) is 5.31. The van der Waals surface area contributed by atoms with Gasteiger partial charge in [0.15, 0.2) is 0 Å². The molecule has 0 aliphatic heterocycles. The van der Waals surface area contributed by atoms with Gasteiger partial charge in [-0.25, -0.2) is 14.5 Å². The summed E-state index contributed by atoms with van der Waals surface area (Å²) < 4.78 is 8.88. The zero-order valence-electron chi connectivity index (χ0n) is 16.3. The van der Waals surface area contributed by atoms with Crippen molar-refractivity contribution in [3.63, 3.8) is 0 Å². The average Bonchev–Trinajstić information content (AvgIpc) is 3.22. The maximum Gasteiger partial charge on any atom is 0.253 e. The lowest BCUT2D eigenvalue weighted by Gasteiger charge is -2.02. The number of ether oxygens (including phenoxy) is 1. The average molecular weight is 375 g/mol. The van der Waals surface area contributed by atoms with Crippen LogP contribution < -0.4 is 4.74 Å². The van der Waals surface area contributed by atoms with Crippen molar-refractivity contribution < 1.29 is 4.74 Å². The molecule has 1 fully saturated rings. The van der Waals surface area contributed by atoms with Gasteiger partial charge in [-0.3, -0.25) is 4.68 Å². The summed E-state index contributed by atoms with van der Waals surface area (Å²) >= 11 is 0. The van der Waals surface area contributed by atoms with Gasteiger partial charge in [0.2, 0.25) is 11.7 Å². The number of aromatic nitrogens is 7. The lowest BCUT2D eigenvalue weighted by molar-refractivity contribution is 0.397. The minimum absolute atomic E-state index is 0.395. The van der Waals surface area contributed by atoms with Gasteiger partial charge in [-0.1, -0.05) is 0 Å². The van der Waals surface area contributed by atoms with Crippen LogP contribution in [0.5, 0.6) is 5.88 Å². The summed E-state index contributed by atoms with van der Waals surface area (Å²) in [6, 6.07) is 8.16. The van der Waals surface area contributed by atoms with Gasteiger partial charge in [0, 0.05) is 36.6 Å². The second kappa shape index (κ2) is 6.12. The molecule has 5 rings (SSSR count). The SMILES string of the molecule is COc1cc([C@H]2C[C@@H]2c2cc(-c3nc4nc(C)cc(C)n4n3)n(C)n2)ccn1. The Balaban J connectivity index is 1.46. The van der Waals surface area contributed by atoms with E-state index in [0.29, 0.717) is 29.3 Å². The van der Waals surface area contributed by atoms with Crippen molar-refractivity contribution in [1.82, 2.24) is 34.3 Å². The first-order valence-corrected chi connectivity index (χ1v) is 9.29. The molecule has 0 aromatic carbocycles. The second-order valence-corrected chi connectivity index (χ2v) is 7.34. The third-order valence-corrected chi connectivity index (χ3v) is 5.31. The van der Waals surface area contributed by atoms with Gasteiger partial charge in [0.1, 0.15) is 5.69 Å². The van der Waals surface area contributed by atoms with E-state index in [1.165, 1.54) is 5.56 Å². The number of rotatable bonds is 4. The highest BCUT2D eigenvalue weighted by Crippen LogP contribution is 2.54. The summed E-state index contributed by atoms with van der Waals surface area (Å²) in [6.45, 7) is 3.97. The van der Waals surface area contributed by atoms with Crippen molar-refractivity contribution >= 4 is 5.78 Å². The van der Waals surface area contributed by atoms with Crippen LogP contribution in [0.25, 0.3) is 17.3 Å². The fourth-order valence-corrected chi connectivity index (χ4v) is 3.81. The number of aryl methyl sites for hydroxylation is 3. The Hall–Kier alpha value is -3.29. The van der Waals surface area contributed by atoms with Gasteiger partial charge in [-0.15, -0.1) is 5.10 Å². The Morgan fingerprint density at radius 1 is 1.07 bits per heavy atom. The Morgan fingerprint density at radius 3 is 2.75 bits per heavy atom. The molecule has 1 saturated carbocycles. The van der Waals surface area contributed by atoms with Gasteiger partial charge in [0.05, 0.1) is 12.8 Å². The molecule has 4 aromatic rings. The van der Waals surface area contributed by atoms with E-state index >= 15 is 0 Å². The first kappa shape index (κ1) is 16.9. The molecule has 0 spiro atoms. The lowest BCUT2D eigenvalue weighted by atomic mass is 10.1. The number of methoxy groups -OCH3 is 1. The van der Waals surface area contributed by atoms with Crippen molar-refractivity contribution in [2.45, 2.75) is 32.1 Å². The fraction of sp³-hybridized carbons (Fsp3) is 0.350. The lowest BCUT2D eigenvalue weighted by Crippen LogP contribution is -1.98. The van der Waals surface area contributed by atoms with Gasteiger partial charge < -0.3 is 4.74 Å². The smallest absolute Gasteiger partial charge is 0.253 e. The molecule has 1 aliphatic carbocycles. The van der Waals surface area contributed by atoms with E-state index in [1.54, 1.807) is 17.8 Å². The van der Waals surface area contributed by atoms with Crippen molar-refractivity contribution in [3.05, 3.63) is 53.1 Å². The monoisotopic (exact) mass is 375 g/mol. The molecule has 0 bridgehead atoms. The molecule has 0 N–H and O–H groups in total. The highest BCUT2D eigenvalue weighted by molar-refractivity contribution is 5.54. The Labute approximate surface area is 162 Å². The molecule has 8 nitrogen and oxygen atoms in total. The number of pyridine rings is 1. The highest BCUT2D eigenvalue weighted by atomic mass is 16.5. The molecule has 0 saturated heterocycles. The maximum atomic E-state index is 5.25. The van der Waals surface area contributed by atoms with Crippen LogP contribution in [0, 0.1) is 13.8 Å². The first-order valence-electron chi connectivity index (χ1n) is 9.29. The summed E-state index contributed by atoms with van der Waals surface area (Å²) in [6.07, 6.45) is 2.87. The van der Waals surface area contributed by atoms with Gasteiger partial charge in [-0.05, 0) is 49.9 Å². The molecule has 2 atom stereocenters. The standard InChI is InChI=1S/C20H21N7O/c1-11-7-12(2)27-20(22-11)23-19(25-27)17-10-16(24-26(17)3)15-9-14(15)13-5-6-21-18(8-13)28-4/h5-8,10,14-15H,9H2,1-4H3/t14-,15+/m1/s1. The predicted molar refractivity (Wildman–Crippen MR) is 103 cm³/mol. The summed E-state index contributed by atoms with van der Waals surface area (Å²) in [5, 5.41) is 9.37. The van der Waals surface area contributed by atoms with Crippen LogP contribution in [0.3, 0.4) is 0 Å². The largest absolute Gasteiger partial charge is 0.481 e. The quantitative estimate of drug-likeness (QED) is 0.545. The van der Waals surface area contributed by atoms with E-state index in [2.05, 4.69) is 32.2 Å². The van der Waals surface area contributed by atoms with Crippen molar-refractivity contribution in [2.24, 2.45) is 7.05 Å². The van der Waals surface area contributed by atoms with Crippen LogP contribution in [0.15, 0.2) is 30.5 Å². The highest BCUT2D eigenvalue weighted by Gasteiger charge is 2.42. The Bertz CT molecular complexity index is 1190. The molecule has 4 aromatic heterocycles. The molecular formula is C20H21N7O. The number of fused-ring (bicyclic) bond motifs is 1. The van der Waals surface area contributed by atoms with Crippen molar-refractivity contribution in [1.29, 1.82) is 0 Å². The first-order chi connectivity index (χ1) is 13.5. The van der Waals surface area contributed by atoms with Crippen LogP contribution >= 0.6 is 0 Å². The van der Waals surface area contributed by atoms with Crippen LogP contribution in [-0.4, -0.2) is 41.5 Å². The maximum absolute atomic E-state index is 5.25. The molecular weight excluding hydrogens is 354 g/mol. The van der Waals surface area contributed by atoms with Crippen molar-refractivity contribution in [2.75, 3.05) is 7.11 Å². The second-order valence-electron chi connectivity index (χ2n) is 7.34. The molecule has 0 radical (unpaired) electrons. The third kappa shape index (κ3) is 2.72. The number of hydrogen-bond acceptors (Lipinski definition) is 6. The fourth-order valence-electron chi connectivity index (χ4n) is 3.81. The molecule has 0 amide bonds. The molecule has 28 heavy (non-hydrogen) atoms. The number of hydrogen-bond donors (Lipinski definition) is 0. The van der Waals surface area contributed by atoms with Gasteiger partial charge in [0.25, 0.3) is 5.78 Å². The van der Waals surface area contributed by atoms with Crippen molar-refractivity contribution in [3.8, 4) is 17.4 Å². The molecule has 4 heterocycles. The van der Waals surface area contributed by atoms with Gasteiger partial charge >= 0.3 is 0 Å². The molecule has 8 heteroatoms. The molecule has 1 aliphatic rings. The van der Waals surface area contributed by atoms with E-state index in [9.17, 15) is 0 Å². The van der Waals surface area contributed by atoms with E-state index in [4.69, 9.17) is 9.84 Å². The molecule has 0 unspecified atom stereocenters.